The lowest BCUT2D eigenvalue weighted by atomic mass is 10.1. The molecule has 1 heterocycles. The van der Waals surface area contributed by atoms with Crippen LogP contribution >= 0.6 is 0 Å². The Labute approximate surface area is 93.6 Å². The maximum absolute atomic E-state index is 10.8. The third-order valence-corrected chi connectivity index (χ3v) is 2.71. The van der Waals surface area contributed by atoms with Crippen molar-refractivity contribution in [2.45, 2.75) is 19.4 Å². The summed E-state index contributed by atoms with van der Waals surface area (Å²) in [5.74, 6) is 0. The van der Waals surface area contributed by atoms with Crippen LogP contribution in [0.1, 0.15) is 12.0 Å². The zero-order valence-electron chi connectivity index (χ0n) is 9.10. The molecule has 1 atom stereocenters. The van der Waals surface area contributed by atoms with Gasteiger partial charge in [-0.25, -0.2) is 0 Å². The lowest BCUT2D eigenvalue weighted by molar-refractivity contribution is -0.385. The molecule has 0 spiro atoms. The highest BCUT2D eigenvalue weighted by Crippen LogP contribution is 2.23. The number of nitrogens with zero attached hydrogens (tertiary/aromatic N) is 1. The monoisotopic (exact) mass is 222 g/mol. The van der Waals surface area contributed by atoms with Crippen LogP contribution < -0.4 is 5.32 Å². The number of hydrogen-bond acceptors (Lipinski definition) is 4. The number of benzene rings is 1. The van der Waals surface area contributed by atoms with E-state index in [1.807, 2.05) is 6.07 Å². The Hall–Kier alpha value is -1.62. The molecule has 0 saturated carbocycles. The number of nitro groups is 1. The van der Waals surface area contributed by atoms with Crippen LogP contribution in [0.15, 0.2) is 18.2 Å². The lowest BCUT2D eigenvalue weighted by Gasteiger charge is -2.12. The van der Waals surface area contributed by atoms with Gasteiger partial charge in [0.25, 0.3) is 5.69 Å². The van der Waals surface area contributed by atoms with E-state index < -0.39 is 0 Å². The Morgan fingerprint density at radius 3 is 3.00 bits per heavy atom. The Bertz CT molecular complexity index is 400. The minimum absolute atomic E-state index is 0.156. The fraction of sp³-hybridized carbons (Fsp3) is 0.455. The second kappa shape index (κ2) is 4.49. The van der Waals surface area contributed by atoms with Gasteiger partial charge < -0.3 is 10.1 Å². The van der Waals surface area contributed by atoms with Crippen molar-refractivity contribution in [3.8, 4) is 0 Å². The van der Waals surface area contributed by atoms with Gasteiger partial charge in [-0.05, 0) is 19.4 Å². The first-order chi connectivity index (χ1) is 7.66. The van der Waals surface area contributed by atoms with Crippen LogP contribution in [0, 0.1) is 17.0 Å². The summed E-state index contributed by atoms with van der Waals surface area (Å²) >= 11 is 0. The van der Waals surface area contributed by atoms with E-state index in [9.17, 15) is 10.1 Å². The van der Waals surface area contributed by atoms with Crippen molar-refractivity contribution in [2.24, 2.45) is 0 Å². The molecule has 1 unspecified atom stereocenters. The number of aryl methyl sites for hydroxylation is 1. The first kappa shape index (κ1) is 10.9. The SMILES string of the molecule is Cc1ccc(NC2CCOC2)cc1[N+](=O)[O-]. The van der Waals surface area contributed by atoms with Crippen LogP contribution in [0.3, 0.4) is 0 Å². The molecule has 16 heavy (non-hydrogen) atoms. The average Bonchev–Trinajstić information content (AvgIpc) is 2.73. The van der Waals surface area contributed by atoms with E-state index in [1.54, 1.807) is 19.1 Å². The quantitative estimate of drug-likeness (QED) is 0.628. The summed E-state index contributed by atoms with van der Waals surface area (Å²) in [7, 11) is 0. The molecule has 2 rings (SSSR count). The Balaban J connectivity index is 2.15. The predicted octanol–water partition coefficient (Wildman–Crippen LogP) is 2.10. The largest absolute Gasteiger partial charge is 0.380 e. The average molecular weight is 222 g/mol. The van der Waals surface area contributed by atoms with Crippen molar-refractivity contribution in [1.82, 2.24) is 0 Å². The number of nitro benzene ring substituents is 1. The molecule has 1 aliphatic heterocycles. The highest BCUT2D eigenvalue weighted by Gasteiger charge is 2.17. The van der Waals surface area contributed by atoms with Gasteiger partial charge in [0.1, 0.15) is 0 Å². The molecule has 1 aromatic carbocycles. The number of ether oxygens (including phenoxy) is 1. The van der Waals surface area contributed by atoms with Gasteiger partial charge in [0.05, 0.1) is 17.6 Å². The minimum Gasteiger partial charge on any atom is -0.380 e. The molecule has 0 amide bonds. The minimum atomic E-state index is -0.355. The second-order valence-corrected chi connectivity index (χ2v) is 3.96. The van der Waals surface area contributed by atoms with Gasteiger partial charge in [-0.1, -0.05) is 6.07 Å². The summed E-state index contributed by atoms with van der Waals surface area (Å²) in [5, 5.41) is 14.0. The standard InChI is InChI=1S/C11H14N2O3/c1-8-2-3-9(6-11(8)13(14)15)12-10-4-5-16-7-10/h2-3,6,10,12H,4-5,7H2,1H3. The molecule has 1 fully saturated rings. The van der Waals surface area contributed by atoms with E-state index in [0.717, 1.165) is 18.7 Å². The van der Waals surface area contributed by atoms with Crippen molar-refractivity contribution in [1.29, 1.82) is 0 Å². The molecule has 86 valence electrons. The Morgan fingerprint density at radius 2 is 2.38 bits per heavy atom. The molecule has 1 saturated heterocycles. The maximum atomic E-state index is 10.8. The van der Waals surface area contributed by atoms with E-state index in [1.165, 1.54) is 0 Å². The molecule has 1 aliphatic rings. The van der Waals surface area contributed by atoms with Crippen LogP contribution in [0.25, 0.3) is 0 Å². The van der Waals surface area contributed by atoms with E-state index >= 15 is 0 Å². The van der Waals surface area contributed by atoms with Crippen LogP contribution in [-0.2, 0) is 4.74 Å². The van der Waals surface area contributed by atoms with Gasteiger partial charge in [0.2, 0.25) is 0 Å². The first-order valence-corrected chi connectivity index (χ1v) is 5.26. The summed E-state index contributed by atoms with van der Waals surface area (Å²) in [6.45, 7) is 3.16. The third-order valence-electron chi connectivity index (χ3n) is 2.71. The number of rotatable bonds is 3. The van der Waals surface area contributed by atoms with Gasteiger partial charge >= 0.3 is 0 Å². The summed E-state index contributed by atoms with van der Waals surface area (Å²) in [6, 6.07) is 5.47. The smallest absolute Gasteiger partial charge is 0.274 e. The molecule has 0 radical (unpaired) electrons. The number of nitrogens with one attached hydrogen (secondary N) is 1. The normalized spacial score (nSPS) is 19.7. The van der Waals surface area contributed by atoms with Gasteiger partial charge in [-0.2, -0.15) is 0 Å². The fourth-order valence-corrected chi connectivity index (χ4v) is 1.78. The zero-order valence-corrected chi connectivity index (χ0v) is 9.10. The number of anilines is 1. The summed E-state index contributed by atoms with van der Waals surface area (Å²) in [4.78, 5) is 10.4. The highest BCUT2D eigenvalue weighted by atomic mass is 16.6. The summed E-state index contributed by atoms with van der Waals surface area (Å²) < 4.78 is 5.23. The van der Waals surface area contributed by atoms with Gasteiger partial charge in [-0.3, -0.25) is 10.1 Å². The van der Waals surface area contributed by atoms with E-state index in [2.05, 4.69) is 5.32 Å². The van der Waals surface area contributed by atoms with Crippen LogP contribution in [0.5, 0.6) is 0 Å². The fourth-order valence-electron chi connectivity index (χ4n) is 1.78. The second-order valence-electron chi connectivity index (χ2n) is 3.96. The van der Waals surface area contributed by atoms with Crippen molar-refractivity contribution in [2.75, 3.05) is 18.5 Å². The maximum Gasteiger partial charge on any atom is 0.274 e. The van der Waals surface area contributed by atoms with Gasteiger partial charge in [0, 0.05) is 23.9 Å². The van der Waals surface area contributed by atoms with Crippen LogP contribution in [0.2, 0.25) is 0 Å². The van der Waals surface area contributed by atoms with E-state index in [4.69, 9.17) is 4.74 Å². The molecule has 5 heteroatoms. The van der Waals surface area contributed by atoms with Crippen molar-refractivity contribution in [3.63, 3.8) is 0 Å². The van der Waals surface area contributed by atoms with Crippen LogP contribution in [0.4, 0.5) is 11.4 Å². The van der Waals surface area contributed by atoms with Crippen molar-refractivity contribution in [3.05, 3.63) is 33.9 Å². The van der Waals surface area contributed by atoms with Crippen molar-refractivity contribution < 1.29 is 9.66 Å². The molecule has 1 N–H and O–H groups in total. The molecule has 0 aliphatic carbocycles. The topological polar surface area (TPSA) is 64.4 Å². The van der Waals surface area contributed by atoms with Gasteiger partial charge in [-0.15, -0.1) is 0 Å². The first-order valence-electron chi connectivity index (χ1n) is 5.26. The Morgan fingerprint density at radius 1 is 1.56 bits per heavy atom. The molecular weight excluding hydrogens is 208 g/mol. The highest BCUT2D eigenvalue weighted by molar-refractivity contribution is 5.55. The third kappa shape index (κ3) is 2.30. The summed E-state index contributed by atoms with van der Waals surface area (Å²) in [6.07, 6.45) is 0.946. The number of hydrogen-bond donors (Lipinski definition) is 1. The molecule has 1 aromatic rings. The lowest BCUT2D eigenvalue weighted by Crippen LogP contribution is -2.18. The molecule has 0 bridgehead atoms. The van der Waals surface area contributed by atoms with Gasteiger partial charge in [0.15, 0.2) is 0 Å². The molecule has 5 nitrogen and oxygen atoms in total. The summed E-state index contributed by atoms with van der Waals surface area (Å²) in [5.41, 5.74) is 1.62. The van der Waals surface area contributed by atoms with E-state index in [-0.39, 0.29) is 16.7 Å². The van der Waals surface area contributed by atoms with Crippen molar-refractivity contribution >= 4 is 11.4 Å². The predicted molar refractivity (Wildman–Crippen MR) is 60.7 cm³/mol. The van der Waals surface area contributed by atoms with E-state index in [0.29, 0.717) is 12.2 Å². The Kier molecular flexibility index (Phi) is 3.05. The van der Waals surface area contributed by atoms with Crippen LogP contribution in [-0.4, -0.2) is 24.2 Å². The zero-order chi connectivity index (χ0) is 11.5. The molecular formula is C11H14N2O3. The molecule has 0 aromatic heterocycles.